The molecule has 10 heteroatoms. The maximum absolute atomic E-state index is 13.3. The van der Waals surface area contributed by atoms with E-state index in [2.05, 4.69) is 10.3 Å². The Balaban J connectivity index is 2.01. The van der Waals surface area contributed by atoms with Gasteiger partial charge < -0.3 is 5.32 Å². The van der Waals surface area contributed by atoms with Crippen molar-refractivity contribution in [1.29, 1.82) is 0 Å². The second kappa shape index (κ2) is 6.40. The fraction of sp³-hybridized carbons (Fsp3) is 0.333. The van der Waals surface area contributed by atoms with Gasteiger partial charge in [-0.1, -0.05) is 11.6 Å². The van der Waals surface area contributed by atoms with Crippen LogP contribution in [0.25, 0.3) is 0 Å². The molecule has 0 saturated carbocycles. The molecule has 0 amide bonds. The Hall–Kier alpha value is -1.97. The van der Waals surface area contributed by atoms with Gasteiger partial charge in [-0.15, -0.1) is 0 Å². The molecule has 0 aliphatic carbocycles. The van der Waals surface area contributed by atoms with Crippen molar-refractivity contribution in [2.24, 2.45) is 7.05 Å². The molecule has 2 aromatic rings. The number of nitrogens with one attached hydrogen (secondary N) is 1. The molecule has 1 aromatic carbocycles. The van der Waals surface area contributed by atoms with Crippen LogP contribution in [0, 0.1) is 5.82 Å². The van der Waals surface area contributed by atoms with Crippen LogP contribution in [-0.4, -0.2) is 35.9 Å². The summed E-state index contributed by atoms with van der Waals surface area (Å²) in [5.41, 5.74) is 0.618. The molecule has 0 atom stereocenters. The van der Waals surface area contributed by atoms with Crippen LogP contribution in [0.2, 0.25) is 5.02 Å². The van der Waals surface area contributed by atoms with E-state index in [9.17, 15) is 17.6 Å². The van der Waals surface area contributed by atoms with Crippen molar-refractivity contribution in [3.63, 3.8) is 0 Å². The highest BCUT2D eigenvalue weighted by atomic mass is 35.5. The van der Waals surface area contributed by atoms with Crippen LogP contribution in [0.3, 0.4) is 0 Å². The molecule has 1 aliphatic rings. The molecule has 0 unspecified atom stereocenters. The number of rotatable bonds is 3. The molecule has 2 heterocycles. The molecule has 7 nitrogen and oxygen atoms in total. The zero-order valence-electron chi connectivity index (χ0n) is 13.6. The van der Waals surface area contributed by atoms with Gasteiger partial charge in [0.15, 0.2) is 0 Å². The van der Waals surface area contributed by atoms with Crippen molar-refractivity contribution in [3.8, 4) is 0 Å². The first kappa shape index (κ1) is 17.8. The lowest BCUT2D eigenvalue weighted by Crippen LogP contribution is -2.41. The summed E-state index contributed by atoms with van der Waals surface area (Å²) < 4.78 is 41.4. The molecule has 0 saturated heterocycles. The molecule has 3 rings (SSSR count). The minimum Gasteiger partial charge on any atom is -0.359 e. The molecule has 1 aromatic heterocycles. The number of hydrogen-bond donors (Lipinski definition) is 1. The lowest BCUT2D eigenvalue weighted by molar-refractivity contribution is 0.383. The number of halogens is 2. The Morgan fingerprint density at radius 3 is 2.72 bits per heavy atom. The maximum Gasteiger partial charge on any atom is 0.259 e. The lowest BCUT2D eigenvalue weighted by Gasteiger charge is -2.27. The third-order valence-electron chi connectivity index (χ3n) is 4.15. The Morgan fingerprint density at radius 1 is 1.36 bits per heavy atom. The fourth-order valence-electron chi connectivity index (χ4n) is 2.76. The van der Waals surface area contributed by atoms with Gasteiger partial charge in [0.05, 0.1) is 21.2 Å². The zero-order valence-corrected chi connectivity index (χ0v) is 15.2. The quantitative estimate of drug-likeness (QED) is 0.861. The van der Waals surface area contributed by atoms with Gasteiger partial charge in [-0.25, -0.2) is 17.8 Å². The number of sulfonamides is 1. The first-order chi connectivity index (χ1) is 11.8. The van der Waals surface area contributed by atoms with Gasteiger partial charge in [0.2, 0.25) is 16.0 Å². The van der Waals surface area contributed by atoms with Crippen LogP contribution in [0.4, 0.5) is 10.3 Å². The van der Waals surface area contributed by atoms with Gasteiger partial charge in [-0.3, -0.25) is 9.36 Å². The van der Waals surface area contributed by atoms with E-state index in [1.807, 2.05) is 0 Å². The van der Waals surface area contributed by atoms with E-state index < -0.39 is 15.8 Å². The molecule has 1 N–H and O–H groups in total. The van der Waals surface area contributed by atoms with Crippen molar-refractivity contribution >= 4 is 27.6 Å². The van der Waals surface area contributed by atoms with E-state index in [4.69, 9.17) is 11.6 Å². The maximum atomic E-state index is 13.3. The van der Waals surface area contributed by atoms with Gasteiger partial charge in [-0.2, -0.15) is 4.31 Å². The summed E-state index contributed by atoms with van der Waals surface area (Å²) in [4.78, 5) is 16.7. The van der Waals surface area contributed by atoms with Crippen molar-refractivity contribution in [3.05, 3.63) is 50.7 Å². The molecular formula is C15H16ClFN4O3S. The van der Waals surface area contributed by atoms with Crippen molar-refractivity contribution in [2.45, 2.75) is 17.9 Å². The van der Waals surface area contributed by atoms with Crippen molar-refractivity contribution in [2.75, 3.05) is 18.9 Å². The largest absolute Gasteiger partial charge is 0.359 e. The molecule has 0 fully saturated rings. The standard InChI is InChI=1S/C15H16ClFN4O3S/c1-18-15-19-13-5-6-21(8-10(13)14(22)20(15)2)25(23,24)9-3-4-12(17)11(16)7-9/h3-4,7H,5-6,8H2,1-2H3,(H,18,19). The van der Waals surface area contributed by atoms with Crippen molar-refractivity contribution < 1.29 is 12.8 Å². The summed E-state index contributed by atoms with van der Waals surface area (Å²) in [5, 5.41) is 2.57. The number of benzene rings is 1. The Kier molecular flexibility index (Phi) is 4.56. The van der Waals surface area contributed by atoms with Crippen LogP contribution >= 0.6 is 11.6 Å². The molecule has 0 radical (unpaired) electrons. The number of hydrogen-bond acceptors (Lipinski definition) is 5. The third kappa shape index (κ3) is 3.03. The van der Waals surface area contributed by atoms with Crippen LogP contribution in [0.1, 0.15) is 11.3 Å². The van der Waals surface area contributed by atoms with E-state index in [0.717, 1.165) is 18.2 Å². The first-order valence-electron chi connectivity index (χ1n) is 7.47. The first-order valence-corrected chi connectivity index (χ1v) is 9.29. The van der Waals surface area contributed by atoms with Gasteiger partial charge >= 0.3 is 0 Å². The third-order valence-corrected chi connectivity index (χ3v) is 6.29. The normalized spacial score (nSPS) is 15.0. The number of anilines is 1. The summed E-state index contributed by atoms with van der Waals surface area (Å²) >= 11 is 5.69. The van der Waals surface area contributed by atoms with Gasteiger partial charge in [0, 0.05) is 33.6 Å². The van der Waals surface area contributed by atoms with Gasteiger partial charge in [0.1, 0.15) is 5.82 Å². The predicted molar refractivity (Wildman–Crippen MR) is 91.7 cm³/mol. The highest BCUT2D eigenvalue weighted by molar-refractivity contribution is 7.89. The van der Waals surface area contributed by atoms with Crippen LogP contribution < -0.4 is 10.9 Å². The topological polar surface area (TPSA) is 84.3 Å². The SMILES string of the molecule is CNc1nc2c(c(=O)n1C)CN(S(=O)(=O)c1ccc(F)c(Cl)c1)CC2. The smallest absolute Gasteiger partial charge is 0.259 e. The Labute approximate surface area is 149 Å². The Morgan fingerprint density at radius 2 is 2.08 bits per heavy atom. The molecule has 0 bridgehead atoms. The second-order valence-corrected chi connectivity index (χ2v) is 7.98. The zero-order chi connectivity index (χ0) is 18.4. The summed E-state index contributed by atoms with van der Waals surface area (Å²) in [7, 11) is -0.676. The van der Waals surface area contributed by atoms with E-state index in [0.29, 0.717) is 23.6 Å². The summed E-state index contributed by atoms with van der Waals surface area (Å²) in [6.45, 7) is 0.0873. The summed E-state index contributed by atoms with van der Waals surface area (Å²) in [5.74, 6) is -0.271. The van der Waals surface area contributed by atoms with Gasteiger partial charge in [-0.05, 0) is 18.2 Å². The van der Waals surface area contributed by atoms with E-state index >= 15 is 0 Å². The second-order valence-electron chi connectivity index (χ2n) is 5.64. The van der Waals surface area contributed by atoms with Crippen molar-refractivity contribution in [1.82, 2.24) is 13.9 Å². The Bertz CT molecular complexity index is 1010. The van der Waals surface area contributed by atoms with Crippen LogP contribution in [-0.2, 0) is 30.0 Å². The lowest BCUT2D eigenvalue weighted by atomic mass is 10.1. The van der Waals surface area contributed by atoms with E-state index in [1.54, 1.807) is 14.1 Å². The summed E-state index contributed by atoms with van der Waals surface area (Å²) in [6.07, 6.45) is 0.314. The van der Waals surface area contributed by atoms with E-state index in [1.165, 1.54) is 8.87 Å². The highest BCUT2D eigenvalue weighted by Gasteiger charge is 2.31. The van der Waals surface area contributed by atoms with Crippen LogP contribution in [0.5, 0.6) is 0 Å². The monoisotopic (exact) mass is 386 g/mol. The molecular weight excluding hydrogens is 371 g/mol. The molecule has 134 valence electrons. The molecule has 1 aliphatic heterocycles. The number of fused-ring (bicyclic) bond motifs is 1. The number of nitrogens with zero attached hydrogens (tertiary/aromatic N) is 3. The highest BCUT2D eigenvalue weighted by Crippen LogP contribution is 2.26. The summed E-state index contributed by atoms with van der Waals surface area (Å²) in [6, 6.07) is 3.24. The fourth-order valence-corrected chi connectivity index (χ4v) is 4.44. The predicted octanol–water partition coefficient (Wildman–Crippen LogP) is 1.36. The van der Waals surface area contributed by atoms with Gasteiger partial charge in [0.25, 0.3) is 5.56 Å². The molecule has 0 spiro atoms. The number of aromatic nitrogens is 2. The van der Waals surface area contributed by atoms with E-state index in [-0.39, 0.29) is 28.6 Å². The minimum absolute atomic E-state index is 0.0870. The average Bonchev–Trinajstić information content (AvgIpc) is 2.59. The average molecular weight is 387 g/mol. The van der Waals surface area contributed by atoms with Crippen LogP contribution in [0.15, 0.2) is 27.9 Å². The minimum atomic E-state index is -3.90. The molecule has 25 heavy (non-hydrogen) atoms.